The largest absolute Gasteiger partial charge is 0.373 e. The van der Waals surface area contributed by atoms with Gasteiger partial charge in [-0.25, -0.2) is 0 Å². The van der Waals surface area contributed by atoms with Gasteiger partial charge >= 0.3 is 0 Å². The lowest BCUT2D eigenvalue weighted by atomic mass is 10.0. The third kappa shape index (κ3) is 0.924. The Hall–Kier alpha value is -0.560. The van der Waals surface area contributed by atoms with Crippen LogP contribution in [0.3, 0.4) is 0 Å². The van der Waals surface area contributed by atoms with Gasteiger partial charge in [0, 0.05) is 6.42 Å². The maximum absolute atomic E-state index is 9.16. The van der Waals surface area contributed by atoms with E-state index in [1.165, 1.54) is 0 Å². The van der Waals surface area contributed by atoms with Crippen molar-refractivity contribution in [2.24, 2.45) is 0 Å². The number of rotatable bonds is 0. The monoisotopic (exact) mass is 128 g/mol. The van der Waals surface area contributed by atoms with Crippen molar-refractivity contribution in [3.05, 3.63) is 0 Å². The molecule has 1 rings (SSSR count). The van der Waals surface area contributed by atoms with E-state index in [-0.39, 0.29) is 0 Å². The average molecular weight is 128 g/mol. The molecule has 0 bridgehead atoms. The summed E-state index contributed by atoms with van der Waals surface area (Å²) in [5.74, 6) is 2.07. The van der Waals surface area contributed by atoms with Gasteiger partial charge in [0.2, 0.25) is 0 Å². The molecule has 1 saturated heterocycles. The van der Waals surface area contributed by atoms with Crippen LogP contribution in [-0.2, 0) is 4.74 Å². The van der Waals surface area contributed by atoms with Crippen LogP contribution >= 0.6 is 0 Å². The normalized spacial score (nSPS) is 42.6. The third-order valence-corrected chi connectivity index (χ3v) is 1.42. The molecule has 0 aliphatic carbocycles. The molecule has 1 fully saturated rings. The van der Waals surface area contributed by atoms with Crippen LogP contribution in [0.5, 0.6) is 0 Å². The Morgan fingerprint density at radius 3 is 2.67 bits per heavy atom. The molecule has 2 N–H and O–H groups in total. The highest BCUT2D eigenvalue weighted by Crippen LogP contribution is 2.22. The van der Waals surface area contributed by atoms with Crippen LogP contribution in [0.2, 0.25) is 0 Å². The summed E-state index contributed by atoms with van der Waals surface area (Å²) in [6.07, 6.45) is 4.02. The van der Waals surface area contributed by atoms with Crippen LogP contribution in [0, 0.1) is 12.3 Å². The fourth-order valence-corrected chi connectivity index (χ4v) is 0.731. The number of hydrogen-bond donors (Lipinski definition) is 2. The first kappa shape index (κ1) is 6.56. The molecule has 2 atom stereocenters. The highest BCUT2D eigenvalue weighted by molar-refractivity contribution is 5.11. The molecule has 0 aromatic rings. The van der Waals surface area contributed by atoms with Crippen LogP contribution in [0.1, 0.15) is 6.42 Å². The van der Waals surface area contributed by atoms with Crippen LogP contribution in [0.25, 0.3) is 0 Å². The molecule has 0 aromatic carbocycles. The second-order valence-corrected chi connectivity index (χ2v) is 2.04. The lowest BCUT2D eigenvalue weighted by molar-refractivity contribution is -0.134. The number of terminal acetylenes is 1. The van der Waals surface area contributed by atoms with Crippen LogP contribution in [-0.4, -0.2) is 28.7 Å². The molecule has 1 heterocycles. The maximum atomic E-state index is 9.16. The summed E-state index contributed by atoms with van der Waals surface area (Å²) in [4.78, 5) is 0. The Labute approximate surface area is 53.3 Å². The van der Waals surface area contributed by atoms with Gasteiger partial charge < -0.3 is 14.9 Å². The van der Waals surface area contributed by atoms with Crippen LogP contribution in [0.15, 0.2) is 0 Å². The fraction of sp³-hybridized carbons (Fsp3) is 0.667. The predicted molar refractivity (Wildman–Crippen MR) is 30.4 cm³/mol. The van der Waals surface area contributed by atoms with Crippen LogP contribution in [0.4, 0.5) is 0 Å². The minimum Gasteiger partial charge on any atom is -0.373 e. The summed E-state index contributed by atoms with van der Waals surface area (Å²) >= 11 is 0. The molecular weight excluding hydrogens is 120 g/mol. The van der Waals surface area contributed by atoms with Gasteiger partial charge in [-0.1, -0.05) is 5.92 Å². The zero-order chi connectivity index (χ0) is 6.91. The number of ether oxygens (including phenoxy) is 1. The smallest absolute Gasteiger partial charge is 0.195 e. The fourth-order valence-electron chi connectivity index (χ4n) is 0.731. The maximum Gasteiger partial charge on any atom is 0.195 e. The molecule has 2 unspecified atom stereocenters. The SMILES string of the molecule is C#CC1(O)CCOC1O. The van der Waals surface area contributed by atoms with Crippen molar-refractivity contribution in [3.63, 3.8) is 0 Å². The molecule has 9 heavy (non-hydrogen) atoms. The highest BCUT2D eigenvalue weighted by atomic mass is 16.6. The Morgan fingerprint density at radius 1 is 1.78 bits per heavy atom. The summed E-state index contributed by atoms with van der Waals surface area (Å²) in [5.41, 5.74) is -1.44. The third-order valence-electron chi connectivity index (χ3n) is 1.42. The lowest BCUT2D eigenvalue weighted by Gasteiger charge is -2.16. The first-order chi connectivity index (χ1) is 4.19. The van der Waals surface area contributed by atoms with E-state index in [1.54, 1.807) is 0 Å². The summed E-state index contributed by atoms with van der Waals surface area (Å²) in [7, 11) is 0. The molecule has 0 radical (unpaired) electrons. The summed E-state index contributed by atoms with van der Waals surface area (Å²) in [6, 6.07) is 0. The van der Waals surface area contributed by atoms with E-state index in [0.29, 0.717) is 13.0 Å². The Bertz CT molecular complexity index is 149. The molecule has 50 valence electrons. The van der Waals surface area contributed by atoms with Crippen molar-refractivity contribution in [1.82, 2.24) is 0 Å². The minimum atomic E-state index is -1.44. The Kier molecular flexibility index (Phi) is 1.45. The summed E-state index contributed by atoms with van der Waals surface area (Å²) < 4.78 is 4.62. The second kappa shape index (κ2) is 1.99. The van der Waals surface area contributed by atoms with Crippen molar-refractivity contribution in [2.75, 3.05) is 6.61 Å². The zero-order valence-corrected chi connectivity index (χ0v) is 4.87. The van der Waals surface area contributed by atoms with Gasteiger partial charge in [0.15, 0.2) is 11.9 Å². The standard InChI is InChI=1S/C6H8O3/c1-2-6(8)3-4-9-5(6)7/h1,5,7-8H,3-4H2. The van der Waals surface area contributed by atoms with E-state index < -0.39 is 11.9 Å². The van der Waals surface area contributed by atoms with E-state index in [4.69, 9.17) is 16.6 Å². The zero-order valence-electron chi connectivity index (χ0n) is 4.87. The average Bonchev–Trinajstić information content (AvgIpc) is 2.15. The van der Waals surface area contributed by atoms with Crippen LogP contribution < -0.4 is 0 Å². The molecule has 0 amide bonds. The molecule has 0 saturated carbocycles. The first-order valence-electron chi connectivity index (χ1n) is 2.69. The van der Waals surface area contributed by atoms with E-state index in [1.807, 2.05) is 0 Å². The number of hydrogen-bond acceptors (Lipinski definition) is 3. The van der Waals surface area contributed by atoms with Gasteiger partial charge in [-0.15, -0.1) is 6.42 Å². The topological polar surface area (TPSA) is 49.7 Å². The number of aliphatic hydroxyl groups excluding tert-OH is 1. The highest BCUT2D eigenvalue weighted by Gasteiger charge is 2.39. The van der Waals surface area contributed by atoms with Gasteiger partial charge in [-0.3, -0.25) is 0 Å². The Morgan fingerprint density at radius 2 is 2.44 bits per heavy atom. The molecule has 3 nitrogen and oxygen atoms in total. The predicted octanol–water partition coefficient (Wildman–Crippen LogP) is -0.911. The van der Waals surface area contributed by atoms with E-state index in [9.17, 15) is 0 Å². The van der Waals surface area contributed by atoms with E-state index >= 15 is 0 Å². The van der Waals surface area contributed by atoms with Gasteiger partial charge in [-0.05, 0) is 0 Å². The van der Waals surface area contributed by atoms with Gasteiger partial charge in [0.1, 0.15) is 0 Å². The van der Waals surface area contributed by atoms with Crippen molar-refractivity contribution in [1.29, 1.82) is 0 Å². The molecule has 1 aliphatic heterocycles. The molecule has 1 aliphatic rings. The van der Waals surface area contributed by atoms with Gasteiger partial charge in [0.25, 0.3) is 0 Å². The first-order valence-corrected chi connectivity index (χ1v) is 2.69. The van der Waals surface area contributed by atoms with Crippen molar-refractivity contribution >= 4 is 0 Å². The quantitative estimate of drug-likeness (QED) is 0.415. The van der Waals surface area contributed by atoms with E-state index in [2.05, 4.69) is 10.7 Å². The van der Waals surface area contributed by atoms with Gasteiger partial charge in [0.05, 0.1) is 6.61 Å². The van der Waals surface area contributed by atoms with Crippen molar-refractivity contribution < 1.29 is 14.9 Å². The Balaban J connectivity index is 2.70. The van der Waals surface area contributed by atoms with Gasteiger partial charge in [-0.2, -0.15) is 0 Å². The van der Waals surface area contributed by atoms with E-state index in [0.717, 1.165) is 0 Å². The molecule has 3 heteroatoms. The van der Waals surface area contributed by atoms with Crippen molar-refractivity contribution in [3.8, 4) is 12.3 Å². The summed E-state index contributed by atoms with van der Waals surface area (Å²) in [5, 5.41) is 18.0. The number of aliphatic hydroxyl groups is 2. The summed E-state index contributed by atoms with van der Waals surface area (Å²) in [6.45, 7) is 0.321. The molecular formula is C6H8O3. The second-order valence-electron chi connectivity index (χ2n) is 2.04. The minimum absolute atomic E-state index is 0.310. The van der Waals surface area contributed by atoms with Crippen molar-refractivity contribution in [2.45, 2.75) is 18.3 Å². The lowest BCUT2D eigenvalue weighted by Crippen LogP contribution is -2.35. The molecule has 0 spiro atoms. The molecule has 0 aromatic heterocycles.